The molecule has 0 aromatic heterocycles. The van der Waals surface area contributed by atoms with Crippen LogP contribution in [0.2, 0.25) is 0 Å². The molecule has 5 rings (SSSR count). The Morgan fingerprint density at radius 3 is 2.18 bits per heavy atom. The Hall–Kier alpha value is -1.56. The fraction of sp³-hybridized carbons (Fsp3) is 0.636. The van der Waals surface area contributed by atoms with Gasteiger partial charge in [-0.2, -0.15) is 0 Å². The van der Waals surface area contributed by atoms with Gasteiger partial charge in [0.25, 0.3) is 5.91 Å². The van der Waals surface area contributed by atoms with Crippen LogP contribution in [0, 0.1) is 23.7 Å². The molecule has 152 valence electrons. The van der Waals surface area contributed by atoms with Crippen LogP contribution in [0.4, 0.5) is 4.79 Å². The Morgan fingerprint density at radius 1 is 1.07 bits per heavy atom. The number of carbonyl (C=O) groups excluding carboxylic acids is 2. The number of carbonyl (C=O) groups is 2. The van der Waals surface area contributed by atoms with E-state index in [0.29, 0.717) is 11.8 Å². The number of hydrogen-bond acceptors (Lipinski definition) is 3. The molecule has 1 N–H and O–H groups in total. The van der Waals surface area contributed by atoms with E-state index in [2.05, 4.69) is 21.4 Å². The lowest BCUT2D eigenvalue weighted by Gasteiger charge is -2.57. The maximum absolute atomic E-state index is 13.2. The van der Waals surface area contributed by atoms with Gasteiger partial charge in [-0.15, -0.1) is 0 Å². The molecule has 0 atom stereocenters. The molecule has 0 aliphatic heterocycles. The van der Waals surface area contributed by atoms with Gasteiger partial charge < -0.3 is 4.74 Å². The SMILES string of the molecule is CC(C)(Br)C(=O)N(NC(=O)OCc1ccccc1)C1C2CC3CC(C2)CC1C3. The smallest absolute Gasteiger partial charge is 0.426 e. The molecule has 0 radical (unpaired) electrons. The van der Waals surface area contributed by atoms with Crippen LogP contribution in [0.1, 0.15) is 51.5 Å². The van der Waals surface area contributed by atoms with Crippen molar-refractivity contribution in [1.82, 2.24) is 10.4 Å². The van der Waals surface area contributed by atoms with Crippen LogP contribution in [0.3, 0.4) is 0 Å². The Bertz CT molecular complexity index is 703. The Balaban J connectivity index is 1.48. The lowest BCUT2D eigenvalue weighted by molar-refractivity contribution is -0.150. The van der Waals surface area contributed by atoms with Gasteiger partial charge in [0.1, 0.15) is 10.9 Å². The summed E-state index contributed by atoms with van der Waals surface area (Å²) in [5.41, 5.74) is 3.74. The van der Waals surface area contributed by atoms with Gasteiger partial charge in [-0.3, -0.25) is 4.79 Å². The quantitative estimate of drug-likeness (QED) is 0.538. The first-order valence-electron chi connectivity index (χ1n) is 10.3. The average Bonchev–Trinajstić information content (AvgIpc) is 2.64. The minimum absolute atomic E-state index is 0.0707. The van der Waals surface area contributed by atoms with Crippen molar-refractivity contribution in [3.63, 3.8) is 0 Å². The van der Waals surface area contributed by atoms with Gasteiger partial charge in [-0.25, -0.2) is 15.2 Å². The highest BCUT2D eigenvalue weighted by molar-refractivity contribution is 9.10. The largest absolute Gasteiger partial charge is 0.443 e. The van der Waals surface area contributed by atoms with Crippen LogP contribution < -0.4 is 5.43 Å². The summed E-state index contributed by atoms with van der Waals surface area (Å²) >= 11 is 3.49. The molecule has 4 fully saturated rings. The zero-order valence-electron chi connectivity index (χ0n) is 16.6. The third-order valence-corrected chi connectivity index (χ3v) is 6.97. The standard InChI is InChI=1S/C22H29BrN2O3/c1-22(2,23)20(26)25(24-21(27)28-13-14-6-4-3-5-7-14)19-17-9-15-8-16(11-17)12-18(19)10-15/h3-7,15-19H,8-13H2,1-2H3,(H,24,27). The number of nitrogens with one attached hydrogen (secondary N) is 1. The molecule has 0 heterocycles. The Labute approximate surface area is 175 Å². The number of ether oxygens (including phenoxy) is 1. The monoisotopic (exact) mass is 448 g/mol. The van der Waals surface area contributed by atoms with Crippen LogP contribution in [-0.4, -0.2) is 27.4 Å². The molecule has 4 bridgehead atoms. The number of amides is 2. The summed E-state index contributed by atoms with van der Waals surface area (Å²) < 4.78 is 4.66. The highest BCUT2D eigenvalue weighted by Gasteiger charge is 2.52. The summed E-state index contributed by atoms with van der Waals surface area (Å²) in [6.45, 7) is 3.85. The van der Waals surface area contributed by atoms with E-state index in [1.165, 1.54) is 32.1 Å². The van der Waals surface area contributed by atoms with Crippen LogP contribution in [0.25, 0.3) is 0 Å². The van der Waals surface area contributed by atoms with E-state index in [4.69, 9.17) is 4.74 Å². The van der Waals surface area contributed by atoms with Crippen molar-refractivity contribution in [1.29, 1.82) is 0 Å². The maximum Gasteiger partial charge on any atom is 0.426 e. The number of benzene rings is 1. The molecule has 0 unspecified atom stereocenters. The molecule has 2 amide bonds. The third kappa shape index (κ3) is 4.07. The minimum Gasteiger partial charge on any atom is -0.443 e. The summed E-state index contributed by atoms with van der Waals surface area (Å²) in [5, 5.41) is 1.61. The molecule has 28 heavy (non-hydrogen) atoms. The fourth-order valence-corrected chi connectivity index (χ4v) is 5.91. The number of rotatable bonds is 4. The van der Waals surface area contributed by atoms with E-state index in [-0.39, 0.29) is 18.6 Å². The number of nitrogens with zero attached hydrogens (tertiary/aromatic N) is 1. The Morgan fingerprint density at radius 2 is 1.64 bits per heavy atom. The number of alkyl halides is 1. The van der Waals surface area contributed by atoms with E-state index in [1.54, 1.807) is 5.01 Å². The molecular weight excluding hydrogens is 420 g/mol. The number of hydrogen-bond donors (Lipinski definition) is 1. The first-order chi connectivity index (χ1) is 13.3. The summed E-state index contributed by atoms with van der Waals surface area (Å²) in [7, 11) is 0. The average molecular weight is 449 g/mol. The third-order valence-electron chi connectivity index (χ3n) is 6.63. The van der Waals surface area contributed by atoms with Crippen molar-refractivity contribution < 1.29 is 14.3 Å². The van der Waals surface area contributed by atoms with Crippen molar-refractivity contribution in [2.24, 2.45) is 23.7 Å². The topological polar surface area (TPSA) is 58.6 Å². The lowest BCUT2D eigenvalue weighted by atomic mass is 9.54. The predicted molar refractivity (Wildman–Crippen MR) is 110 cm³/mol. The van der Waals surface area contributed by atoms with Crippen LogP contribution in [0.15, 0.2) is 30.3 Å². The van der Waals surface area contributed by atoms with Crippen molar-refractivity contribution in [3.05, 3.63) is 35.9 Å². The molecule has 0 saturated heterocycles. The molecule has 5 nitrogen and oxygen atoms in total. The van der Waals surface area contributed by atoms with E-state index in [0.717, 1.165) is 17.4 Å². The Kier molecular flexibility index (Phi) is 5.43. The summed E-state index contributed by atoms with van der Waals surface area (Å²) in [6, 6.07) is 9.64. The second kappa shape index (κ2) is 7.69. The van der Waals surface area contributed by atoms with Crippen molar-refractivity contribution >= 4 is 27.9 Å². The zero-order valence-corrected chi connectivity index (χ0v) is 18.2. The molecule has 4 aliphatic carbocycles. The normalized spacial score (nSPS) is 30.8. The van der Waals surface area contributed by atoms with Crippen LogP contribution in [0.5, 0.6) is 0 Å². The molecule has 4 saturated carbocycles. The highest BCUT2D eigenvalue weighted by atomic mass is 79.9. The van der Waals surface area contributed by atoms with Crippen molar-refractivity contribution in [2.45, 2.75) is 62.9 Å². The van der Waals surface area contributed by atoms with E-state index in [1.807, 2.05) is 44.2 Å². The first-order valence-corrected chi connectivity index (χ1v) is 11.1. The predicted octanol–water partition coefficient (Wildman–Crippen LogP) is 4.65. The van der Waals surface area contributed by atoms with Gasteiger partial charge >= 0.3 is 6.09 Å². The highest BCUT2D eigenvalue weighted by Crippen LogP contribution is 2.55. The summed E-state index contributed by atoms with van der Waals surface area (Å²) in [6.07, 6.45) is 5.47. The van der Waals surface area contributed by atoms with Crippen LogP contribution in [-0.2, 0) is 16.1 Å². The van der Waals surface area contributed by atoms with Gasteiger partial charge in [0.15, 0.2) is 0 Å². The van der Waals surface area contributed by atoms with Gasteiger partial charge in [0, 0.05) is 0 Å². The molecular formula is C22H29BrN2O3. The van der Waals surface area contributed by atoms with Gasteiger partial charge in [-0.1, -0.05) is 46.3 Å². The minimum atomic E-state index is -0.742. The van der Waals surface area contributed by atoms with Gasteiger partial charge in [0.2, 0.25) is 0 Å². The lowest BCUT2D eigenvalue weighted by Crippen LogP contribution is -2.64. The number of hydrazine groups is 1. The first kappa shape index (κ1) is 19.7. The molecule has 0 spiro atoms. The second-order valence-corrected chi connectivity index (χ2v) is 11.2. The van der Waals surface area contributed by atoms with Gasteiger partial charge in [0.05, 0.1) is 6.04 Å². The molecule has 1 aromatic carbocycles. The van der Waals surface area contributed by atoms with Crippen molar-refractivity contribution in [2.75, 3.05) is 0 Å². The molecule has 4 aliphatic rings. The summed E-state index contributed by atoms with van der Waals surface area (Å²) in [4.78, 5) is 25.8. The van der Waals surface area contributed by atoms with Crippen molar-refractivity contribution in [3.8, 4) is 0 Å². The molecule has 6 heteroatoms. The fourth-order valence-electron chi connectivity index (χ4n) is 5.72. The second-order valence-electron chi connectivity index (χ2n) is 9.24. The maximum atomic E-state index is 13.2. The van der Waals surface area contributed by atoms with E-state index in [9.17, 15) is 9.59 Å². The van der Waals surface area contributed by atoms with E-state index < -0.39 is 10.4 Å². The summed E-state index contributed by atoms with van der Waals surface area (Å²) in [5.74, 6) is 2.45. The molecule has 1 aromatic rings. The van der Waals surface area contributed by atoms with Crippen LogP contribution >= 0.6 is 15.9 Å². The van der Waals surface area contributed by atoms with E-state index >= 15 is 0 Å². The van der Waals surface area contributed by atoms with Gasteiger partial charge in [-0.05, 0) is 75.2 Å². The number of halogens is 1. The zero-order chi connectivity index (χ0) is 19.9.